The Morgan fingerprint density at radius 1 is 1.26 bits per heavy atom. The summed E-state index contributed by atoms with van der Waals surface area (Å²) in [6, 6.07) is 0. The topological polar surface area (TPSA) is 20.2 Å². The van der Waals surface area contributed by atoms with Crippen molar-refractivity contribution in [1.82, 2.24) is 0 Å². The maximum Gasteiger partial charge on any atom is 0.0546 e. The van der Waals surface area contributed by atoms with Gasteiger partial charge in [-0.2, -0.15) is 0 Å². The zero-order valence-corrected chi connectivity index (χ0v) is 16.5. The van der Waals surface area contributed by atoms with Gasteiger partial charge in [0, 0.05) is 8.86 Å². The monoisotopic (exact) mass is 488 g/mol. The van der Waals surface area contributed by atoms with Gasteiger partial charge in [-0.25, -0.2) is 0 Å². The molecule has 5 unspecified atom stereocenters. The lowest BCUT2D eigenvalue weighted by molar-refractivity contribution is 0.00973. The number of fused-ring (bicyclic) bond motifs is 1. The lowest BCUT2D eigenvalue weighted by Gasteiger charge is -2.51. The minimum absolute atomic E-state index is 0.0446. The molecule has 19 heavy (non-hydrogen) atoms. The van der Waals surface area contributed by atoms with Gasteiger partial charge in [0.2, 0.25) is 0 Å². The van der Waals surface area contributed by atoms with Gasteiger partial charge in [0.05, 0.1) is 6.10 Å². The SMILES string of the molecule is CC1CC2CC(O)CC2C(C)(C)C1/C(=C/CI)CI. The fourth-order valence-electron chi connectivity index (χ4n) is 5.05. The molecule has 2 aliphatic carbocycles. The van der Waals surface area contributed by atoms with Crippen molar-refractivity contribution in [3.8, 4) is 0 Å². The van der Waals surface area contributed by atoms with Crippen LogP contribution >= 0.6 is 45.2 Å². The lowest BCUT2D eigenvalue weighted by atomic mass is 9.54. The second-order valence-corrected chi connectivity index (χ2v) is 8.71. The average Bonchev–Trinajstić information content (AvgIpc) is 2.69. The number of aliphatic hydroxyl groups is 1. The molecule has 0 bridgehead atoms. The number of alkyl halides is 2. The van der Waals surface area contributed by atoms with Crippen LogP contribution in [0.15, 0.2) is 11.6 Å². The van der Waals surface area contributed by atoms with Crippen molar-refractivity contribution in [2.45, 2.75) is 46.1 Å². The molecule has 0 spiro atoms. The molecule has 0 aromatic heterocycles. The highest BCUT2D eigenvalue weighted by atomic mass is 127. The molecule has 3 heteroatoms. The molecule has 1 nitrogen and oxygen atoms in total. The van der Waals surface area contributed by atoms with Crippen LogP contribution in [-0.4, -0.2) is 20.1 Å². The van der Waals surface area contributed by atoms with E-state index in [0.29, 0.717) is 17.3 Å². The van der Waals surface area contributed by atoms with E-state index in [1.54, 1.807) is 5.57 Å². The standard InChI is InChI=1S/C16H26I2O/c1-10-6-12-7-13(19)8-14(12)16(2,3)15(10)11(9-18)4-5-17/h4,10,12-15,19H,5-9H2,1-3H3/b11-4+. The predicted molar refractivity (Wildman–Crippen MR) is 99.1 cm³/mol. The van der Waals surface area contributed by atoms with E-state index in [1.165, 1.54) is 6.42 Å². The molecule has 2 fully saturated rings. The summed E-state index contributed by atoms with van der Waals surface area (Å²) < 4.78 is 2.27. The van der Waals surface area contributed by atoms with Gasteiger partial charge in [0.1, 0.15) is 0 Å². The minimum Gasteiger partial charge on any atom is -0.393 e. The number of hydrogen-bond donors (Lipinski definition) is 1. The van der Waals surface area contributed by atoms with E-state index in [0.717, 1.165) is 33.5 Å². The van der Waals surface area contributed by atoms with Crippen LogP contribution in [0.5, 0.6) is 0 Å². The fraction of sp³-hybridized carbons (Fsp3) is 0.875. The van der Waals surface area contributed by atoms with Gasteiger partial charge in [-0.15, -0.1) is 0 Å². The molecule has 0 aliphatic heterocycles. The molecular weight excluding hydrogens is 462 g/mol. The Bertz CT molecular complexity index is 351. The van der Waals surface area contributed by atoms with Crippen LogP contribution in [0.1, 0.15) is 40.0 Å². The second kappa shape index (κ2) is 6.51. The van der Waals surface area contributed by atoms with Crippen molar-refractivity contribution in [1.29, 1.82) is 0 Å². The number of aliphatic hydroxyl groups excluding tert-OH is 1. The Balaban J connectivity index is 2.30. The third-order valence-corrected chi connectivity index (χ3v) is 6.88. The third-order valence-electron chi connectivity index (χ3n) is 5.56. The summed E-state index contributed by atoms with van der Waals surface area (Å²) in [4.78, 5) is 0. The van der Waals surface area contributed by atoms with Gasteiger partial charge in [0.15, 0.2) is 0 Å². The summed E-state index contributed by atoms with van der Waals surface area (Å²) >= 11 is 4.98. The normalized spacial score (nSPS) is 42.2. The molecular formula is C16H26I2O. The average molecular weight is 488 g/mol. The van der Waals surface area contributed by atoms with E-state index < -0.39 is 0 Å². The zero-order chi connectivity index (χ0) is 14.2. The Hall–Kier alpha value is 1.16. The molecule has 0 heterocycles. The van der Waals surface area contributed by atoms with Crippen molar-refractivity contribution in [3.63, 3.8) is 0 Å². The molecule has 0 aromatic rings. The first-order chi connectivity index (χ1) is 8.91. The Labute approximate surface area is 145 Å². The first-order valence-electron chi connectivity index (χ1n) is 7.40. The van der Waals surface area contributed by atoms with Crippen molar-refractivity contribution < 1.29 is 5.11 Å². The summed E-state index contributed by atoms with van der Waals surface area (Å²) in [5.41, 5.74) is 1.98. The summed E-state index contributed by atoms with van der Waals surface area (Å²) in [6.45, 7) is 7.34. The van der Waals surface area contributed by atoms with Crippen LogP contribution in [0.25, 0.3) is 0 Å². The molecule has 1 N–H and O–H groups in total. The molecule has 0 saturated heterocycles. The number of rotatable bonds is 3. The molecule has 2 saturated carbocycles. The van der Waals surface area contributed by atoms with E-state index in [1.807, 2.05) is 0 Å². The fourth-order valence-corrected chi connectivity index (χ4v) is 6.40. The summed E-state index contributed by atoms with van der Waals surface area (Å²) in [6.07, 6.45) is 5.78. The molecule has 0 aromatic carbocycles. The van der Waals surface area contributed by atoms with E-state index in [-0.39, 0.29) is 6.10 Å². The minimum atomic E-state index is -0.0446. The number of halogens is 2. The van der Waals surface area contributed by atoms with Crippen LogP contribution in [0.4, 0.5) is 0 Å². The maximum absolute atomic E-state index is 10.0. The first kappa shape index (κ1) is 16.5. The second-order valence-electron chi connectivity index (χ2n) is 7.07. The smallest absolute Gasteiger partial charge is 0.0546 e. The highest BCUT2D eigenvalue weighted by Gasteiger charge is 2.52. The van der Waals surface area contributed by atoms with Crippen molar-refractivity contribution >= 4 is 45.2 Å². The van der Waals surface area contributed by atoms with Crippen LogP contribution in [0, 0.1) is 29.1 Å². The van der Waals surface area contributed by atoms with Gasteiger partial charge in [-0.1, -0.05) is 77.6 Å². The quantitative estimate of drug-likeness (QED) is 0.342. The van der Waals surface area contributed by atoms with Gasteiger partial charge >= 0.3 is 0 Å². The molecule has 2 aliphatic rings. The van der Waals surface area contributed by atoms with Gasteiger partial charge in [-0.05, 0) is 48.3 Å². The van der Waals surface area contributed by atoms with Crippen LogP contribution < -0.4 is 0 Å². The van der Waals surface area contributed by atoms with Gasteiger partial charge in [-0.3, -0.25) is 0 Å². The largest absolute Gasteiger partial charge is 0.393 e. The Morgan fingerprint density at radius 2 is 1.95 bits per heavy atom. The highest BCUT2D eigenvalue weighted by Crippen LogP contribution is 2.58. The van der Waals surface area contributed by atoms with Crippen LogP contribution in [-0.2, 0) is 0 Å². The first-order valence-corrected chi connectivity index (χ1v) is 10.5. The van der Waals surface area contributed by atoms with Crippen molar-refractivity contribution in [3.05, 3.63) is 11.6 Å². The third kappa shape index (κ3) is 3.17. The zero-order valence-electron chi connectivity index (χ0n) is 12.2. The number of allylic oxidation sites excluding steroid dienone is 2. The van der Waals surface area contributed by atoms with E-state index in [9.17, 15) is 5.11 Å². The molecule has 110 valence electrons. The van der Waals surface area contributed by atoms with Crippen molar-refractivity contribution in [2.24, 2.45) is 29.1 Å². The van der Waals surface area contributed by atoms with Crippen molar-refractivity contribution in [2.75, 3.05) is 8.86 Å². The van der Waals surface area contributed by atoms with E-state index >= 15 is 0 Å². The van der Waals surface area contributed by atoms with E-state index in [4.69, 9.17) is 0 Å². The van der Waals surface area contributed by atoms with Crippen LogP contribution in [0.2, 0.25) is 0 Å². The highest BCUT2D eigenvalue weighted by molar-refractivity contribution is 14.1. The molecule has 0 amide bonds. The summed E-state index contributed by atoms with van der Waals surface area (Å²) in [5, 5.41) is 10.0. The maximum atomic E-state index is 10.0. The summed E-state index contributed by atoms with van der Waals surface area (Å²) in [7, 11) is 0. The van der Waals surface area contributed by atoms with E-state index in [2.05, 4.69) is 72.0 Å². The number of hydrogen-bond acceptors (Lipinski definition) is 1. The summed E-state index contributed by atoms with van der Waals surface area (Å²) in [5.74, 6) is 2.92. The molecule has 5 atom stereocenters. The van der Waals surface area contributed by atoms with Crippen LogP contribution in [0.3, 0.4) is 0 Å². The molecule has 0 radical (unpaired) electrons. The van der Waals surface area contributed by atoms with Gasteiger partial charge < -0.3 is 5.11 Å². The van der Waals surface area contributed by atoms with Gasteiger partial charge in [0.25, 0.3) is 0 Å². The molecule has 2 rings (SSSR count). The lowest BCUT2D eigenvalue weighted by Crippen LogP contribution is -2.44. The Morgan fingerprint density at radius 3 is 2.53 bits per heavy atom. The predicted octanol–water partition coefficient (Wildman–Crippen LogP) is 4.85. The Kier molecular flexibility index (Phi) is 5.66.